The topological polar surface area (TPSA) is 176 Å². The van der Waals surface area contributed by atoms with E-state index >= 15 is 0 Å². The molecule has 0 saturated carbocycles. The molecule has 0 bridgehead atoms. The second-order valence-corrected chi connectivity index (χ2v) is 9.26. The maximum atomic E-state index is 13.5. The zero-order valence-electron chi connectivity index (χ0n) is 26.8. The van der Waals surface area contributed by atoms with E-state index in [-0.39, 0.29) is 52.8 Å². The number of carbonyl (C=O) groups is 3. The van der Waals surface area contributed by atoms with Crippen LogP contribution in [0.3, 0.4) is 0 Å². The van der Waals surface area contributed by atoms with E-state index in [0.717, 1.165) is 0 Å². The summed E-state index contributed by atoms with van der Waals surface area (Å²) in [5.41, 5.74) is 0. The first-order valence-electron chi connectivity index (χ1n) is 15.0. The average Bonchev–Trinajstić information content (AvgIpc) is 3.07. The van der Waals surface area contributed by atoms with Crippen LogP contribution in [0.2, 0.25) is 0 Å². The minimum absolute atomic E-state index is 0.0662. The summed E-state index contributed by atoms with van der Waals surface area (Å²) in [4.78, 5) is 33.2. The van der Waals surface area contributed by atoms with E-state index in [4.69, 9.17) is 43.0 Å². The summed E-state index contributed by atoms with van der Waals surface area (Å²) in [6.45, 7) is 3.88. The first-order valence-corrected chi connectivity index (χ1v) is 15.0. The molecule has 0 atom stereocenters. The standard InChI is InChI=1S/C29H42F5NO14/c30-24-25(31)27(33)29(28(34)26(24)32)49-23(39)1-3-40-5-7-42-9-11-44-13-15-46-17-18-47-16-14-45-12-10-43-8-6-41-4-2-35-21(36)19-48-20-22(37)38/h1-20H2,(H,35,36)(H,37,38). The number of halogens is 5. The van der Waals surface area contributed by atoms with Crippen molar-refractivity contribution in [2.75, 3.05) is 125 Å². The lowest BCUT2D eigenvalue weighted by atomic mass is 10.2. The fourth-order valence-electron chi connectivity index (χ4n) is 3.18. The number of carboxylic acid groups (broad SMARTS) is 1. The van der Waals surface area contributed by atoms with Gasteiger partial charge in [-0.05, 0) is 0 Å². The number of nitrogens with one attached hydrogen (secondary N) is 1. The summed E-state index contributed by atoms with van der Waals surface area (Å²) in [6, 6.07) is 0. The molecule has 15 nitrogen and oxygen atoms in total. The van der Waals surface area contributed by atoms with Gasteiger partial charge in [0.1, 0.15) is 13.2 Å². The van der Waals surface area contributed by atoms with Crippen LogP contribution < -0.4 is 10.1 Å². The number of amides is 1. The summed E-state index contributed by atoms with van der Waals surface area (Å²) in [5, 5.41) is 10.9. The lowest BCUT2D eigenvalue weighted by Crippen LogP contribution is -2.31. The quantitative estimate of drug-likeness (QED) is 0.0269. The predicted molar refractivity (Wildman–Crippen MR) is 155 cm³/mol. The summed E-state index contributed by atoms with van der Waals surface area (Å²) >= 11 is 0. The molecule has 0 radical (unpaired) electrons. The van der Waals surface area contributed by atoms with Crippen LogP contribution >= 0.6 is 0 Å². The smallest absolute Gasteiger partial charge is 0.329 e. The normalized spacial score (nSPS) is 11.2. The molecular weight excluding hydrogens is 681 g/mol. The van der Waals surface area contributed by atoms with Crippen molar-refractivity contribution in [2.45, 2.75) is 6.42 Å². The van der Waals surface area contributed by atoms with Gasteiger partial charge in [0.2, 0.25) is 40.7 Å². The Bertz CT molecular complexity index is 1060. The molecule has 49 heavy (non-hydrogen) atoms. The highest BCUT2D eigenvalue weighted by Gasteiger charge is 2.28. The van der Waals surface area contributed by atoms with Gasteiger partial charge in [0, 0.05) is 6.54 Å². The van der Waals surface area contributed by atoms with Crippen molar-refractivity contribution in [3.8, 4) is 5.75 Å². The number of carboxylic acids is 1. The molecule has 1 aromatic carbocycles. The molecule has 0 saturated heterocycles. The Morgan fingerprint density at radius 2 is 0.816 bits per heavy atom. The summed E-state index contributed by atoms with van der Waals surface area (Å²) in [6.07, 6.45) is -0.499. The van der Waals surface area contributed by atoms with Crippen molar-refractivity contribution >= 4 is 17.8 Å². The van der Waals surface area contributed by atoms with Crippen LogP contribution in [0.5, 0.6) is 5.75 Å². The third kappa shape index (κ3) is 22.3. The second-order valence-electron chi connectivity index (χ2n) is 9.26. The highest BCUT2D eigenvalue weighted by atomic mass is 19.2. The maximum Gasteiger partial charge on any atom is 0.329 e. The van der Waals surface area contributed by atoms with E-state index in [1.165, 1.54) is 0 Å². The Labute approximate surface area is 279 Å². The Morgan fingerprint density at radius 1 is 0.469 bits per heavy atom. The fraction of sp³-hybridized carbons (Fsp3) is 0.690. The van der Waals surface area contributed by atoms with Crippen LogP contribution in [0.25, 0.3) is 0 Å². The largest absolute Gasteiger partial charge is 0.480 e. The van der Waals surface area contributed by atoms with Gasteiger partial charge < -0.3 is 57.8 Å². The third-order valence-electron chi connectivity index (χ3n) is 5.47. The van der Waals surface area contributed by atoms with E-state index in [9.17, 15) is 36.3 Å². The number of ether oxygens (including phenoxy) is 10. The van der Waals surface area contributed by atoms with Crippen molar-refractivity contribution in [3.63, 3.8) is 0 Å². The SMILES string of the molecule is O=C(O)COCC(=O)NCCOCCOCCOCCOCCOCCOCCOCCOCCC(=O)Oc1c(F)c(F)c(F)c(F)c1F. The number of benzene rings is 1. The van der Waals surface area contributed by atoms with Gasteiger partial charge in [-0.3, -0.25) is 9.59 Å². The van der Waals surface area contributed by atoms with Gasteiger partial charge in [0.05, 0.1) is 112 Å². The minimum Gasteiger partial charge on any atom is -0.480 e. The Balaban J connectivity index is 1.77. The average molecular weight is 724 g/mol. The molecule has 2 N–H and O–H groups in total. The molecule has 0 aliphatic carbocycles. The van der Waals surface area contributed by atoms with Crippen molar-refractivity contribution in [1.29, 1.82) is 0 Å². The van der Waals surface area contributed by atoms with Crippen molar-refractivity contribution in [1.82, 2.24) is 5.32 Å². The molecule has 0 heterocycles. The number of aliphatic carboxylic acids is 1. The molecule has 1 amide bonds. The predicted octanol–water partition coefficient (Wildman–Crippen LogP) is 1.03. The van der Waals surface area contributed by atoms with Gasteiger partial charge >= 0.3 is 11.9 Å². The van der Waals surface area contributed by atoms with Crippen LogP contribution in [-0.4, -0.2) is 148 Å². The van der Waals surface area contributed by atoms with Gasteiger partial charge in [0.15, 0.2) is 0 Å². The molecule has 0 spiro atoms. The maximum absolute atomic E-state index is 13.5. The van der Waals surface area contributed by atoms with Gasteiger partial charge in [-0.1, -0.05) is 0 Å². The lowest BCUT2D eigenvalue weighted by molar-refractivity contribution is -0.143. The summed E-state index contributed by atoms with van der Waals surface area (Å²) in [5.74, 6) is -15.8. The van der Waals surface area contributed by atoms with E-state index in [2.05, 4.69) is 14.8 Å². The summed E-state index contributed by atoms with van der Waals surface area (Å²) in [7, 11) is 0. The van der Waals surface area contributed by atoms with E-state index in [1.54, 1.807) is 0 Å². The highest BCUT2D eigenvalue weighted by Crippen LogP contribution is 2.29. The minimum atomic E-state index is -2.36. The zero-order chi connectivity index (χ0) is 36.1. The molecule has 0 aliphatic rings. The van der Waals surface area contributed by atoms with Crippen LogP contribution in [-0.2, 0) is 57.0 Å². The zero-order valence-corrected chi connectivity index (χ0v) is 26.8. The monoisotopic (exact) mass is 723 g/mol. The second kappa shape index (κ2) is 28.7. The molecule has 0 unspecified atom stereocenters. The van der Waals surface area contributed by atoms with Gasteiger partial charge in [-0.15, -0.1) is 0 Å². The van der Waals surface area contributed by atoms with E-state index in [0.29, 0.717) is 66.1 Å². The highest BCUT2D eigenvalue weighted by molar-refractivity contribution is 5.77. The number of carbonyl (C=O) groups excluding carboxylic acids is 2. The van der Waals surface area contributed by atoms with Crippen LogP contribution in [0.15, 0.2) is 0 Å². The van der Waals surface area contributed by atoms with E-state index in [1.807, 2.05) is 0 Å². The molecular formula is C29H42F5NO14. The fourth-order valence-corrected chi connectivity index (χ4v) is 3.18. The molecule has 20 heteroatoms. The third-order valence-corrected chi connectivity index (χ3v) is 5.47. The first-order chi connectivity index (χ1) is 23.6. The molecule has 0 aromatic heterocycles. The number of esters is 1. The number of hydrogen-bond donors (Lipinski definition) is 2. The molecule has 1 aromatic rings. The van der Waals surface area contributed by atoms with Gasteiger partial charge in [-0.25, -0.2) is 18.0 Å². The Kier molecular flexibility index (Phi) is 25.8. The Morgan fingerprint density at radius 3 is 1.20 bits per heavy atom. The van der Waals surface area contributed by atoms with Crippen molar-refractivity contribution < 1.29 is 88.8 Å². The van der Waals surface area contributed by atoms with Crippen LogP contribution in [0.1, 0.15) is 6.42 Å². The molecule has 0 aliphatic heterocycles. The molecule has 0 fully saturated rings. The van der Waals surface area contributed by atoms with E-state index < -0.39 is 65.7 Å². The molecule has 1 rings (SSSR count). The van der Waals surface area contributed by atoms with Crippen molar-refractivity contribution in [3.05, 3.63) is 29.1 Å². The number of hydrogen-bond acceptors (Lipinski definition) is 13. The summed E-state index contributed by atoms with van der Waals surface area (Å²) < 4.78 is 118. The van der Waals surface area contributed by atoms with Gasteiger partial charge in [-0.2, -0.15) is 8.78 Å². The Hall–Kier alpha value is -3.08. The van der Waals surface area contributed by atoms with Crippen LogP contribution in [0.4, 0.5) is 22.0 Å². The van der Waals surface area contributed by atoms with Crippen LogP contribution in [0, 0.1) is 29.1 Å². The van der Waals surface area contributed by atoms with Gasteiger partial charge in [0.25, 0.3) is 0 Å². The first kappa shape index (κ1) is 43.9. The van der Waals surface area contributed by atoms with Crippen molar-refractivity contribution in [2.24, 2.45) is 0 Å². The lowest BCUT2D eigenvalue weighted by Gasteiger charge is -2.09. The molecule has 282 valence electrons. The number of rotatable bonds is 32.